The highest BCUT2D eigenvalue weighted by molar-refractivity contribution is 7.92. The summed E-state index contributed by atoms with van der Waals surface area (Å²) < 4.78 is 27.7. The van der Waals surface area contributed by atoms with Crippen LogP contribution in [0.15, 0.2) is 71.6 Å². The predicted octanol–water partition coefficient (Wildman–Crippen LogP) is 4.79. The Labute approximate surface area is 198 Å². The molecule has 0 saturated carbocycles. The number of nitrogens with zero attached hydrogens (tertiary/aromatic N) is 1. The van der Waals surface area contributed by atoms with Gasteiger partial charge in [0.15, 0.2) is 0 Å². The summed E-state index contributed by atoms with van der Waals surface area (Å²) in [7, 11) is 0.122. The van der Waals surface area contributed by atoms with Crippen LogP contribution in [0.3, 0.4) is 0 Å². The van der Waals surface area contributed by atoms with Crippen LogP contribution >= 0.6 is 23.2 Å². The highest BCUT2D eigenvalue weighted by atomic mass is 35.5. The SMILES string of the molecule is CN(C)Cc1ccc(CNC(=O)c2cccc(NS(=O)(=O)c3ccc(Cl)c(Cl)c3)c2)cc1. The van der Waals surface area contributed by atoms with E-state index in [9.17, 15) is 13.2 Å². The fraction of sp³-hybridized carbons (Fsp3) is 0.174. The molecule has 2 N–H and O–H groups in total. The summed E-state index contributed by atoms with van der Waals surface area (Å²) in [5, 5.41) is 3.25. The van der Waals surface area contributed by atoms with Crippen LogP contribution in [0.4, 0.5) is 5.69 Å². The second-order valence-electron chi connectivity index (χ2n) is 7.50. The highest BCUT2D eigenvalue weighted by Gasteiger charge is 2.16. The normalized spacial score (nSPS) is 11.4. The molecule has 0 unspecified atom stereocenters. The van der Waals surface area contributed by atoms with Gasteiger partial charge in [-0.2, -0.15) is 0 Å². The van der Waals surface area contributed by atoms with Crippen molar-refractivity contribution in [3.63, 3.8) is 0 Å². The molecule has 0 aliphatic rings. The van der Waals surface area contributed by atoms with Crippen molar-refractivity contribution in [1.82, 2.24) is 10.2 Å². The van der Waals surface area contributed by atoms with Gasteiger partial charge in [-0.3, -0.25) is 9.52 Å². The van der Waals surface area contributed by atoms with Gasteiger partial charge in [0.2, 0.25) is 0 Å². The first-order chi connectivity index (χ1) is 15.1. The van der Waals surface area contributed by atoms with Gasteiger partial charge in [0.25, 0.3) is 15.9 Å². The van der Waals surface area contributed by atoms with Crippen LogP contribution < -0.4 is 10.0 Å². The number of benzene rings is 3. The predicted molar refractivity (Wildman–Crippen MR) is 129 cm³/mol. The van der Waals surface area contributed by atoms with E-state index in [4.69, 9.17) is 23.2 Å². The summed E-state index contributed by atoms with van der Waals surface area (Å²) in [6.07, 6.45) is 0. The van der Waals surface area contributed by atoms with E-state index in [1.165, 1.54) is 29.8 Å². The molecule has 9 heteroatoms. The maximum absolute atomic E-state index is 12.6. The second-order valence-corrected chi connectivity index (χ2v) is 10.00. The zero-order chi connectivity index (χ0) is 23.3. The van der Waals surface area contributed by atoms with E-state index in [1.807, 2.05) is 38.4 Å². The molecule has 32 heavy (non-hydrogen) atoms. The van der Waals surface area contributed by atoms with Gasteiger partial charge in [0, 0.05) is 24.3 Å². The number of hydrogen-bond donors (Lipinski definition) is 2. The van der Waals surface area contributed by atoms with Crippen molar-refractivity contribution in [3.8, 4) is 0 Å². The molecule has 0 aromatic heterocycles. The van der Waals surface area contributed by atoms with E-state index in [2.05, 4.69) is 14.9 Å². The van der Waals surface area contributed by atoms with Gasteiger partial charge in [-0.05, 0) is 61.6 Å². The summed E-state index contributed by atoms with van der Waals surface area (Å²) in [6.45, 7) is 1.21. The van der Waals surface area contributed by atoms with Crippen LogP contribution in [0.25, 0.3) is 0 Å². The first-order valence-electron chi connectivity index (χ1n) is 9.73. The Bertz CT molecular complexity index is 1210. The van der Waals surface area contributed by atoms with E-state index in [0.717, 1.165) is 12.1 Å². The lowest BCUT2D eigenvalue weighted by molar-refractivity contribution is 0.0951. The number of nitrogens with one attached hydrogen (secondary N) is 2. The maximum Gasteiger partial charge on any atom is 0.261 e. The molecule has 3 aromatic rings. The third-order valence-corrected chi connectivity index (χ3v) is 6.67. The van der Waals surface area contributed by atoms with Crippen LogP contribution in [-0.2, 0) is 23.1 Å². The first-order valence-corrected chi connectivity index (χ1v) is 12.0. The Morgan fingerprint density at radius 3 is 2.25 bits per heavy atom. The summed E-state index contributed by atoms with van der Waals surface area (Å²) in [5.74, 6) is -0.307. The molecule has 1 amide bonds. The van der Waals surface area contributed by atoms with Crippen molar-refractivity contribution in [2.75, 3.05) is 18.8 Å². The second kappa shape index (κ2) is 10.4. The number of carbonyl (C=O) groups is 1. The average Bonchev–Trinajstić information content (AvgIpc) is 2.74. The van der Waals surface area contributed by atoms with E-state index >= 15 is 0 Å². The Morgan fingerprint density at radius 1 is 0.906 bits per heavy atom. The lowest BCUT2D eigenvalue weighted by Crippen LogP contribution is -2.23. The van der Waals surface area contributed by atoms with Crippen LogP contribution in [0.2, 0.25) is 10.0 Å². The monoisotopic (exact) mass is 491 g/mol. The molecule has 6 nitrogen and oxygen atoms in total. The lowest BCUT2D eigenvalue weighted by atomic mass is 10.1. The quantitative estimate of drug-likeness (QED) is 0.474. The van der Waals surface area contributed by atoms with Crippen LogP contribution in [0.1, 0.15) is 21.5 Å². The van der Waals surface area contributed by atoms with Gasteiger partial charge in [-0.15, -0.1) is 0 Å². The highest BCUT2D eigenvalue weighted by Crippen LogP contribution is 2.26. The van der Waals surface area contributed by atoms with Crippen molar-refractivity contribution < 1.29 is 13.2 Å². The fourth-order valence-corrected chi connectivity index (χ4v) is 4.43. The minimum absolute atomic E-state index is 0.0283. The molecule has 0 aliphatic heterocycles. The molecule has 0 spiro atoms. The molecular weight excluding hydrogens is 469 g/mol. The first kappa shape index (κ1) is 24.1. The molecule has 0 heterocycles. The number of rotatable bonds is 8. The Balaban J connectivity index is 1.66. The van der Waals surface area contributed by atoms with Gasteiger partial charge in [-0.25, -0.2) is 8.42 Å². The van der Waals surface area contributed by atoms with Crippen LogP contribution in [0.5, 0.6) is 0 Å². The van der Waals surface area contributed by atoms with Gasteiger partial charge in [0.1, 0.15) is 0 Å². The minimum Gasteiger partial charge on any atom is -0.348 e. The largest absolute Gasteiger partial charge is 0.348 e. The minimum atomic E-state index is -3.89. The number of hydrogen-bond acceptors (Lipinski definition) is 4. The molecule has 0 radical (unpaired) electrons. The van der Waals surface area contributed by atoms with Crippen LogP contribution in [-0.4, -0.2) is 33.3 Å². The van der Waals surface area contributed by atoms with Gasteiger partial charge in [-0.1, -0.05) is 53.5 Å². The summed E-state index contributed by atoms with van der Waals surface area (Å²) in [6, 6.07) is 18.3. The molecule has 0 atom stereocenters. The topological polar surface area (TPSA) is 78.5 Å². The Morgan fingerprint density at radius 2 is 1.59 bits per heavy atom. The number of anilines is 1. The molecule has 0 bridgehead atoms. The van der Waals surface area contributed by atoms with E-state index < -0.39 is 10.0 Å². The summed E-state index contributed by atoms with van der Waals surface area (Å²) in [4.78, 5) is 14.6. The zero-order valence-corrected chi connectivity index (χ0v) is 19.9. The smallest absolute Gasteiger partial charge is 0.261 e. The molecular formula is C23H23Cl2N3O3S. The molecule has 0 aliphatic carbocycles. The van der Waals surface area contributed by atoms with Crippen molar-refractivity contribution in [1.29, 1.82) is 0 Å². The number of halogens is 2. The third kappa shape index (κ3) is 6.46. The zero-order valence-electron chi connectivity index (χ0n) is 17.6. The van der Waals surface area contributed by atoms with Crippen molar-refractivity contribution >= 4 is 44.8 Å². The number of carbonyl (C=O) groups excluding carboxylic acids is 1. The Kier molecular flexibility index (Phi) is 7.79. The van der Waals surface area contributed by atoms with E-state index in [1.54, 1.807) is 18.2 Å². The summed E-state index contributed by atoms with van der Waals surface area (Å²) >= 11 is 11.8. The number of amides is 1. The molecule has 168 valence electrons. The molecule has 3 rings (SSSR count). The van der Waals surface area contributed by atoms with E-state index in [-0.39, 0.29) is 26.5 Å². The van der Waals surface area contributed by atoms with E-state index in [0.29, 0.717) is 12.1 Å². The van der Waals surface area contributed by atoms with Gasteiger partial charge in [0.05, 0.1) is 14.9 Å². The number of sulfonamides is 1. The third-order valence-electron chi connectivity index (χ3n) is 4.55. The fourth-order valence-electron chi connectivity index (χ4n) is 2.99. The van der Waals surface area contributed by atoms with Crippen LogP contribution in [0, 0.1) is 0 Å². The molecule has 0 saturated heterocycles. The molecule has 0 fully saturated rings. The average molecular weight is 492 g/mol. The van der Waals surface area contributed by atoms with Crippen molar-refractivity contribution in [2.45, 2.75) is 18.0 Å². The summed E-state index contributed by atoms with van der Waals surface area (Å²) in [5.41, 5.74) is 2.75. The lowest BCUT2D eigenvalue weighted by Gasteiger charge is -2.11. The van der Waals surface area contributed by atoms with Gasteiger partial charge >= 0.3 is 0 Å². The Hall–Kier alpha value is -2.58. The maximum atomic E-state index is 12.6. The molecule has 3 aromatic carbocycles. The van der Waals surface area contributed by atoms with Crippen molar-refractivity contribution in [2.24, 2.45) is 0 Å². The van der Waals surface area contributed by atoms with Gasteiger partial charge < -0.3 is 10.2 Å². The standard InChI is InChI=1S/C23H23Cl2N3O3S/c1-28(2)15-17-8-6-16(7-9-17)14-26-23(29)18-4-3-5-19(12-18)27-32(30,31)20-10-11-21(24)22(25)13-20/h3-13,27H,14-15H2,1-2H3,(H,26,29). The van der Waals surface area contributed by atoms with Crippen molar-refractivity contribution in [3.05, 3.63) is 93.5 Å².